The normalized spacial score (nSPS) is 13.3. The lowest BCUT2D eigenvalue weighted by Gasteiger charge is -2.33. The Balaban J connectivity index is 1.76. The van der Waals surface area contributed by atoms with Gasteiger partial charge in [-0.3, -0.25) is 14.8 Å². The van der Waals surface area contributed by atoms with Gasteiger partial charge in [0.15, 0.2) is 5.96 Å². The number of rotatable bonds is 10. The first kappa shape index (κ1) is 26.7. The van der Waals surface area contributed by atoms with Crippen molar-refractivity contribution in [3.05, 3.63) is 89.5 Å². The van der Waals surface area contributed by atoms with Crippen molar-refractivity contribution in [2.75, 3.05) is 26.0 Å². The van der Waals surface area contributed by atoms with Crippen LogP contribution in [0.15, 0.2) is 66.0 Å². The molecule has 2 aromatic heterocycles. The molecule has 1 atom stereocenters. The predicted octanol–water partition coefficient (Wildman–Crippen LogP) is 3.67. The molecule has 8 nitrogen and oxygen atoms in total. The first-order valence-electron chi connectivity index (χ1n) is 11.5. The first-order chi connectivity index (χ1) is 17.2. The van der Waals surface area contributed by atoms with Crippen LogP contribution in [0.1, 0.15) is 41.4 Å². The maximum atomic E-state index is 15.1. The van der Waals surface area contributed by atoms with Crippen LogP contribution >= 0.6 is 0 Å². The first-order valence-corrected chi connectivity index (χ1v) is 11.5. The monoisotopic (exact) mass is 495 g/mol. The van der Waals surface area contributed by atoms with Gasteiger partial charge < -0.3 is 21.3 Å². The second-order valence-electron chi connectivity index (χ2n) is 8.78. The van der Waals surface area contributed by atoms with Gasteiger partial charge in [-0.1, -0.05) is 6.07 Å². The minimum Gasteiger partial charge on any atom is -0.370 e. The third-order valence-electron chi connectivity index (χ3n) is 5.82. The van der Waals surface area contributed by atoms with Gasteiger partial charge in [0.25, 0.3) is 5.91 Å². The fraction of sp³-hybridized carbons (Fsp3) is 0.308. The molecule has 190 valence electrons. The van der Waals surface area contributed by atoms with Crippen LogP contribution < -0.4 is 16.4 Å². The Bertz CT molecular complexity index is 1190. The standard InChI is InChI=1S/C26H31F2N7O/c1-26(34-25(29)30-2,11-5-13-35(3)17-18-6-4-12-31-15-18)21-14-20(8-9-22(21)28)33-24(36)23-10-7-19(27)16-32-23/h4,6-10,12,14-16H,5,11,13,17H2,1-3H3,(H,33,36)(H3,29,30,34)/t26-/m0/s1. The molecule has 36 heavy (non-hydrogen) atoms. The van der Waals surface area contributed by atoms with E-state index in [9.17, 15) is 9.18 Å². The minimum atomic E-state index is -0.905. The van der Waals surface area contributed by atoms with Gasteiger partial charge in [-0.2, -0.15) is 0 Å². The molecule has 0 saturated carbocycles. The van der Waals surface area contributed by atoms with Gasteiger partial charge in [-0.05, 0) is 75.3 Å². The van der Waals surface area contributed by atoms with E-state index < -0.39 is 23.1 Å². The van der Waals surface area contributed by atoms with E-state index in [-0.39, 0.29) is 11.7 Å². The Kier molecular flexibility index (Phi) is 9.02. The number of benzene rings is 1. The number of carbonyl (C=O) groups is 1. The summed E-state index contributed by atoms with van der Waals surface area (Å²) in [4.78, 5) is 26.6. The maximum absolute atomic E-state index is 15.1. The number of carbonyl (C=O) groups excluding carboxylic acids is 1. The number of hydrogen-bond acceptors (Lipinski definition) is 5. The van der Waals surface area contributed by atoms with Crippen LogP contribution in [0.25, 0.3) is 0 Å². The van der Waals surface area contributed by atoms with E-state index >= 15 is 4.39 Å². The molecule has 0 aliphatic heterocycles. The quantitative estimate of drug-likeness (QED) is 0.293. The Morgan fingerprint density at radius 2 is 2.00 bits per heavy atom. The summed E-state index contributed by atoms with van der Waals surface area (Å²) in [6.45, 7) is 3.34. The van der Waals surface area contributed by atoms with Gasteiger partial charge in [-0.25, -0.2) is 13.8 Å². The summed E-state index contributed by atoms with van der Waals surface area (Å²) in [5.41, 5.74) is 6.92. The van der Waals surface area contributed by atoms with Crippen molar-refractivity contribution in [2.24, 2.45) is 10.7 Å². The van der Waals surface area contributed by atoms with Crippen LogP contribution in [0, 0.1) is 11.6 Å². The van der Waals surface area contributed by atoms with Crippen LogP contribution in [0.2, 0.25) is 0 Å². The Labute approximate surface area is 209 Å². The molecule has 10 heteroatoms. The molecule has 0 aliphatic rings. The molecule has 1 amide bonds. The number of hydrogen-bond donors (Lipinski definition) is 3. The lowest BCUT2D eigenvalue weighted by molar-refractivity contribution is 0.102. The van der Waals surface area contributed by atoms with Crippen molar-refractivity contribution < 1.29 is 13.6 Å². The maximum Gasteiger partial charge on any atom is 0.274 e. The Hall–Kier alpha value is -3.92. The van der Waals surface area contributed by atoms with E-state index in [4.69, 9.17) is 5.73 Å². The smallest absolute Gasteiger partial charge is 0.274 e. The summed E-state index contributed by atoms with van der Waals surface area (Å²) in [7, 11) is 3.56. The summed E-state index contributed by atoms with van der Waals surface area (Å²) in [6, 6.07) is 10.7. The third-order valence-corrected chi connectivity index (χ3v) is 5.82. The lowest BCUT2D eigenvalue weighted by Crippen LogP contribution is -2.48. The van der Waals surface area contributed by atoms with E-state index in [0.29, 0.717) is 17.7 Å². The number of nitrogens with zero attached hydrogens (tertiary/aromatic N) is 4. The topological polar surface area (TPSA) is 109 Å². The number of anilines is 1. The molecule has 3 aromatic rings. The van der Waals surface area contributed by atoms with Gasteiger partial charge in [0.2, 0.25) is 0 Å². The zero-order valence-electron chi connectivity index (χ0n) is 20.6. The van der Waals surface area contributed by atoms with Gasteiger partial charge in [0.1, 0.15) is 17.3 Å². The van der Waals surface area contributed by atoms with Crippen molar-refractivity contribution in [3.63, 3.8) is 0 Å². The van der Waals surface area contributed by atoms with Crippen molar-refractivity contribution >= 4 is 17.6 Å². The molecule has 0 unspecified atom stereocenters. The minimum absolute atomic E-state index is 0.0437. The summed E-state index contributed by atoms with van der Waals surface area (Å²) in [6.07, 6.45) is 5.80. The fourth-order valence-electron chi connectivity index (χ4n) is 3.92. The number of halogens is 2. The molecule has 0 aliphatic carbocycles. The van der Waals surface area contributed by atoms with E-state index in [2.05, 4.69) is 30.5 Å². The van der Waals surface area contributed by atoms with Crippen molar-refractivity contribution in [3.8, 4) is 0 Å². The number of aliphatic imine (C=N–C) groups is 1. The van der Waals surface area contributed by atoms with Crippen LogP contribution in [-0.2, 0) is 12.1 Å². The molecule has 0 fully saturated rings. The fourth-order valence-corrected chi connectivity index (χ4v) is 3.92. The number of nitrogens with one attached hydrogen (secondary N) is 2. The zero-order valence-corrected chi connectivity index (χ0v) is 20.6. The highest BCUT2D eigenvalue weighted by molar-refractivity contribution is 6.02. The molecule has 3 rings (SSSR count). The third kappa shape index (κ3) is 7.29. The van der Waals surface area contributed by atoms with Gasteiger partial charge in [0.05, 0.1) is 11.7 Å². The number of nitrogens with two attached hydrogens (primary N) is 1. The van der Waals surface area contributed by atoms with E-state index in [1.54, 1.807) is 19.3 Å². The molecular weight excluding hydrogens is 464 g/mol. The molecular formula is C26H31F2N7O. The molecule has 0 saturated heterocycles. The zero-order chi connectivity index (χ0) is 26.1. The van der Waals surface area contributed by atoms with Crippen molar-refractivity contribution in [1.82, 2.24) is 20.2 Å². The summed E-state index contributed by atoms with van der Waals surface area (Å²) >= 11 is 0. The second-order valence-corrected chi connectivity index (χ2v) is 8.78. The predicted molar refractivity (Wildman–Crippen MR) is 136 cm³/mol. The number of guanidine groups is 1. The van der Waals surface area contributed by atoms with Crippen molar-refractivity contribution in [2.45, 2.75) is 31.8 Å². The van der Waals surface area contributed by atoms with Crippen molar-refractivity contribution in [1.29, 1.82) is 0 Å². The number of amides is 1. The summed E-state index contributed by atoms with van der Waals surface area (Å²) in [5, 5.41) is 5.83. The summed E-state index contributed by atoms with van der Waals surface area (Å²) in [5.74, 6) is -1.35. The number of aromatic nitrogens is 2. The Morgan fingerprint density at radius 1 is 1.19 bits per heavy atom. The lowest BCUT2D eigenvalue weighted by atomic mass is 9.86. The van der Waals surface area contributed by atoms with Gasteiger partial charge >= 0.3 is 0 Å². The van der Waals surface area contributed by atoms with E-state index in [1.807, 2.05) is 32.3 Å². The average molecular weight is 496 g/mol. The Morgan fingerprint density at radius 3 is 2.67 bits per heavy atom. The average Bonchev–Trinajstić information content (AvgIpc) is 2.86. The highest BCUT2D eigenvalue weighted by atomic mass is 19.1. The van der Waals surface area contributed by atoms with Gasteiger partial charge in [0, 0.05) is 37.2 Å². The molecule has 4 N–H and O–H groups in total. The van der Waals surface area contributed by atoms with Crippen LogP contribution in [0.4, 0.5) is 14.5 Å². The number of pyridine rings is 2. The molecule has 2 heterocycles. The molecule has 1 aromatic carbocycles. The summed E-state index contributed by atoms with van der Waals surface area (Å²) < 4.78 is 28.2. The van der Waals surface area contributed by atoms with Crippen LogP contribution in [0.5, 0.6) is 0 Å². The molecule has 0 spiro atoms. The SMILES string of the molecule is CN=C(N)N[C@@](C)(CCCN(C)Cc1cccnc1)c1cc(NC(=O)c2ccc(F)cn2)ccc1F. The largest absolute Gasteiger partial charge is 0.370 e. The van der Waals surface area contributed by atoms with Gasteiger partial charge in [-0.15, -0.1) is 0 Å². The molecule has 0 bridgehead atoms. The molecule has 0 radical (unpaired) electrons. The van der Waals surface area contributed by atoms with Crippen LogP contribution in [-0.4, -0.2) is 47.4 Å². The highest BCUT2D eigenvalue weighted by Gasteiger charge is 2.30. The van der Waals surface area contributed by atoms with E-state index in [1.165, 1.54) is 18.2 Å². The second kappa shape index (κ2) is 12.2. The highest BCUT2D eigenvalue weighted by Crippen LogP contribution is 2.31. The van der Waals surface area contributed by atoms with Crippen LogP contribution in [0.3, 0.4) is 0 Å². The van der Waals surface area contributed by atoms with E-state index in [0.717, 1.165) is 37.3 Å².